The van der Waals surface area contributed by atoms with E-state index in [4.69, 9.17) is 16.3 Å². The Morgan fingerprint density at radius 1 is 1.29 bits per heavy atom. The second-order valence-corrected chi connectivity index (χ2v) is 7.16. The first-order chi connectivity index (χ1) is 13.5. The van der Waals surface area contributed by atoms with Crippen molar-refractivity contribution in [2.75, 3.05) is 7.11 Å². The van der Waals surface area contributed by atoms with Crippen molar-refractivity contribution in [1.82, 2.24) is 0 Å². The summed E-state index contributed by atoms with van der Waals surface area (Å²) in [6.45, 7) is -0.247. The van der Waals surface area contributed by atoms with Crippen molar-refractivity contribution < 1.29 is 19.7 Å². The Bertz CT molecular complexity index is 944. The van der Waals surface area contributed by atoms with Crippen LogP contribution in [-0.2, 0) is 6.61 Å². The number of aliphatic hydroxyl groups is 1. The number of rotatable bonds is 6. The van der Waals surface area contributed by atoms with Gasteiger partial charge in [0, 0.05) is 10.6 Å². The van der Waals surface area contributed by atoms with Gasteiger partial charge in [0.25, 0.3) is 0 Å². The number of carbonyl (C=O) groups is 1. The van der Waals surface area contributed by atoms with Gasteiger partial charge in [-0.15, -0.1) is 0 Å². The highest BCUT2D eigenvalue weighted by Crippen LogP contribution is 2.41. The topological polar surface area (TPSA) is 66.8 Å². The van der Waals surface area contributed by atoms with Crippen LogP contribution in [0.25, 0.3) is 11.6 Å². The van der Waals surface area contributed by atoms with Gasteiger partial charge in [-0.25, -0.2) is 0 Å². The Labute approximate surface area is 169 Å². The number of aliphatic hydroxyl groups excluding tert-OH is 1. The van der Waals surface area contributed by atoms with Gasteiger partial charge in [-0.3, -0.25) is 4.79 Å². The van der Waals surface area contributed by atoms with E-state index in [0.717, 1.165) is 36.8 Å². The van der Waals surface area contributed by atoms with Crippen LogP contribution in [0.2, 0.25) is 5.02 Å². The quantitative estimate of drug-likeness (QED) is 0.505. The van der Waals surface area contributed by atoms with Crippen LogP contribution in [0.4, 0.5) is 0 Å². The zero-order valence-corrected chi connectivity index (χ0v) is 16.5. The lowest BCUT2D eigenvalue weighted by molar-refractivity contribution is 0.104. The molecule has 3 rings (SSSR count). The minimum absolute atomic E-state index is 0.0967. The lowest BCUT2D eigenvalue weighted by Crippen LogP contribution is -2.06. The third-order valence-corrected chi connectivity index (χ3v) is 5.11. The number of ketones is 1. The molecule has 146 valence electrons. The summed E-state index contributed by atoms with van der Waals surface area (Å²) in [6.07, 6.45) is 8.94. The summed E-state index contributed by atoms with van der Waals surface area (Å²) in [5, 5.41) is 21.3. The van der Waals surface area contributed by atoms with Crippen molar-refractivity contribution >= 4 is 29.0 Å². The van der Waals surface area contributed by atoms with Crippen LogP contribution < -0.4 is 4.74 Å². The largest absolute Gasteiger partial charge is 0.506 e. The maximum absolute atomic E-state index is 12.9. The molecule has 0 bridgehead atoms. The second-order valence-electron chi connectivity index (χ2n) is 6.72. The summed E-state index contributed by atoms with van der Waals surface area (Å²) < 4.78 is 5.34. The van der Waals surface area contributed by atoms with Crippen LogP contribution in [0, 0.1) is 0 Å². The van der Waals surface area contributed by atoms with Gasteiger partial charge < -0.3 is 14.9 Å². The van der Waals surface area contributed by atoms with E-state index in [-0.39, 0.29) is 29.5 Å². The van der Waals surface area contributed by atoms with Crippen molar-refractivity contribution in [1.29, 1.82) is 0 Å². The maximum Gasteiger partial charge on any atom is 0.193 e. The molecule has 0 saturated carbocycles. The summed E-state index contributed by atoms with van der Waals surface area (Å²) in [4.78, 5) is 12.9. The number of hydrogen-bond acceptors (Lipinski definition) is 4. The normalized spacial score (nSPS) is 14.2. The molecule has 0 amide bonds. The number of methoxy groups -OCH3 is 1. The fourth-order valence-corrected chi connectivity index (χ4v) is 3.71. The van der Waals surface area contributed by atoms with Crippen LogP contribution in [-0.4, -0.2) is 23.1 Å². The number of hydrogen-bond donors (Lipinski definition) is 2. The first-order valence-corrected chi connectivity index (χ1v) is 9.64. The highest BCUT2D eigenvalue weighted by atomic mass is 35.5. The Morgan fingerprint density at radius 2 is 2.11 bits per heavy atom. The third-order valence-electron chi connectivity index (χ3n) is 4.87. The molecule has 0 fully saturated rings. The SMILES string of the molecule is COc1cc(CO)c(C2=CCCCC2)c(O)c1C(=O)/C=C/c1cccc(Cl)c1. The number of halogens is 1. The fraction of sp³-hybridized carbons (Fsp3) is 0.261. The highest BCUT2D eigenvalue weighted by molar-refractivity contribution is 6.30. The number of aromatic hydroxyl groups is 1. The van der Waals surface area contributed by atoms with E-state index in [0.29, 0.717) is 16.1 Å². The molecule has 0 unspecified atom stereocenters. The average Bonchev–Trinajstić information content (AvgIpc) is 2.71. The molecule has 4 nitrogen and oxygen atoms in total. The molecular formula is C23H23ClO4. The van der Waals surface area contributed by atoms with Crippen molar-refractivity contribution in [3.05, 3.63) is 69.8 Å². The zero-order chi connectivity index (χ0) is 20.1. The molecule has 2 aromatic rings. The Kier molecular flexibility index (Phi) is 6.55. The number of ether oxygens (including phenoxy) is 1. The van der Waals surface area contributed by atoms with Crippen LogP contribution in [0.1, 0.15) is 52.7 Å². The molecular weight excluding hydrogens is 376 g/mol. The number of carbonyl (C=O) groups excluding carboxylic acids is 1. The van der Waals surface area contributed by atoms with Crippen molar-refractivity contribution in [3.8, 4) is 11.5 Å². The molecule has 0 aliphatic heterocycles. The van der Waals surface area contributed by atoms with Crippen molar-refractivity contribution in [2.24, 2.45) is 0 Å². The minimum atomic E-state index is -0.378. The number of benzene rings is 2. The molecule has 5 heteroatoms. The standard InChI is InChI=1S/C23H23ClO4/c1-28-20-13-17(14-25)21(16-7-3-2-4-8-16)23(27)22(20)19(26)11-10-15-6-5-9-18(24)12-15/h5-7,9-13,25,27H,2-4,8,14H2,1H3/b11-10+. The summed E-state index contributed by atoms with van der Waals surface area (Å²) in [7, 11) is 1.44. The van der Waals surface area contributed by atoms with Gasteiger partial charge in [0.15, 0.2) is 5.78 Å². The lowest BCUT2D eigenvalue weighted by Gasteiger charge is -2.20. The number of phenolic OH excluding ortho intramolecular Hbond substituents is 1. The molecule has 2 N–H and O–H groups in total. The minimum Gasteiger partial charge on any atom is -0.506 e. The number of allylic oxidation sites excluding steroid dienone is 3. The van der Waals surface area contributed by atoms with Gasteiger partial charge >= 0.3 is 0 Å². The van der Waals surface area contributed by atoms with Gasteiger partial charge in [0.1, 0.15) is 17.1 Å². The van der Waals surface area contributed by atoms with Gasteiger partial charge in [0.05, 0.1) is 13.7 Å². The van der Waals surface area contributed by atoms with E-state index in [1.807, 2.05) is 6.07 Å². The van der Waals surface area contributed by atoms with E-state index in [2.05, 4.69) is 6.08 Å². The maximum atomic E-state index is 12.9. The Hall–Kier alpha value is -2.56. The lowest BCUT2D eigenvalue weighted by atomic mass is 9.87. The summed E-state index contributed by atoms with van der Waals surface area (Å²) in [5.74, 6) is -0.281. The summed E-state index contributed by atoms with van der Waals surface area (Å²) in [6, 6.07) is 8.77. The molecule has 0 heterocycles. The molecule has 0 atom stereocenters. The Balaban J connectivity index is 2.06. The molecule has 0 spiro atoms. The van der Waals surface area contributed by atoms with E-state index in [1.165, 1.54) is 13.2 Å². The van der Waals surface area contributed by atoms with Crippen molar-refractivity contribution in [2.45, 2.75) is 32.3 Å². The fourth-order valence-electron chi connectivity index (χ4n) is 3.51. The summed E-state index contributed by atoms with van der Waals surface area (Å²) >= 11 is 5.98. The molecule has 0 radical (unpaired) electrons. The van der Waals surface area contributed by atoms with Gasteiger partial charge in [-0.2, -0.15) is 0 Å². The van der Waals surface area contributed by atoms with Crippen LogP contribution in [0.5, 0.6) is 11.5 Å². The molecule has 1 aliphatic rings. The summed E-state index contributed by atoms with van der Waals surface area (Å²) in [5.41, 5.74) is 2.93. The molecule has 2 aromatic carbocycles. The molecule has 1 aliphatic carbocycles. The average molecular weight is 399 g/mol. The number of phenols is 1. The predicted octanol–water partition coefficient (Wildman–Crippen LogP) is 5.40. The molecule has 28 heavy (non-hydrogen) atoms. The van der Waals surface area contributed by atoms with E-state index in [9.17, 15) is 15.0 Å². The highest BCUT2D eigenvalue weighted by Gasteiger charge is 2.24. The van der Waals surface area contributed by atoms with Crippen molar-refractivity contribution in [3.63, 3.8) is 0 Å². The zero-order valence-electron chi connectivity index (χ0n) is 15.7. The monoisotopic (exact) mass is 398 g/mol. The first-order valence-electron chi connectivity index (χ1n) is 9.26. The van der Waals surface area contributed by atoms with E-state index >= 15 is 0 Å². The molecule has 0 aromatic heterocycles. The van der Waals surface area contributed by atoms with E-state index < -0.39 is 0 Å². The van der Waals surface area contributed by atoms with Gasteiger partial charge in [-0.05, 0) is 66.7 Å². The van der Waals surface area contributed by atoms with E-state index in [1.54, 1.807) is 30.3 Å². The smallest absolute Gasteiger partial charge is 0.193 e. The second kappa shape index (κ2) is 9.09. The van der Waals surface area contributed by atoms with Crippen LogP contribution >= 0.6 is 11.6 Å². The predicted molar refractivity (Wildman–Crippen MR) is 112 cm³/mol. The third kappa shape index (κ3) is 4.29. The van der Waals surface area contributed by atoms with Crippen LogP contribution in [0.15, 0.2) is 42.5 Å². The molecule has 0 saturated heterocycles. The Morgan fingerprint density at radius 3 is 2.75 bits per heavy atom. The van der Waals surface area contributed by atoms with Gasteiger partial charge in [0.2, 0.25) is 0 Å². The first kappa shape index (κ1) is 20.2. The van der Waals surface area contributed by atoms with Gasteiger partial charge in [-0.1, -0.05) is 35.9 Å². The van der Waals surface area contributed by atoms with Crippen LogP contribution in [0.3, 0.4) is 0 Å².